The Hall–Kier alpha value is -0.820. The molecule has 0 amide bonds. The molecule has 1 nitrogen and oxygen atoms in total. The van der Waals surface area contributed by atoms with Crippen LogP contribution in [0.25, 0.3) is 0 Å². The summed E-state index contributed by atoms with van der Waals surface area (Å²) in [5, 5.41) is 10.4. The monoisotopic (exact) mass is 274 g/mol. The highest BCUT2D eigenvalue weighted by Crippen LogP contribution is 2.35. The number of hydrogen-bond acceptors (Lipinski definition) is 1. The summed E-state index contributed by atoms with van der Waals surface area (Å²) in [5.41, 5.74) is 5.60. The Kier molecular flexibility index (Phi) is 5.26. The van der Waals surface area contributed by atoms with Crippen molar-refractivity contribution in [3.05, 3.63) is 34.4 Å². The smallest absolute Gasteiger partial charge is 0.0571 e. The van der Waals surface area contributed by atoms with E-state index < -0.39 is 0 Å². The van der Waals surface area contributed by atoms with Crippen molar-refractivity contribution in [3.63, 3.8) is 0 Å². The molecule has 1 aliphatic rings. The van der Waals surface area contributed by atoms with E-state index in [4.69, 9.17) is 0 Å². The van der Waals surface area contributed by atoms with Crippen LogP contribution in [0.1, 0.15) is 61.3 Å². The van der Waals surface area contributed by atoms with Gasteiger partial charge in [0, 0.05) is 0 Å². The van der Waals surface area contributed by atoms with Gasteiger partial charge in [-0.1, -0.05) is 37.5 Å². The van der Waals surface area contributed by atoms with Crippen LogP contribution in [-0.4, -0.2) is 11.2 Å². The first kappa shape index (κ1) is 15.6. The minimum atomic E-state index is -0.0943. The molecular formula is C19H30O. The largest absolute Gasteiger partial charge is 0.393 e. The summed E-state index contributed by atoms with van der Waals surface area (Å²) in [6.07, 6.45) is 6.99. The van der Waals surface area contributed by atoms with Crippen LogP contribution in [0, 0.1) is 32.6 Å². The number of aliphatic hydroxyl groups is 1. The predicted octanol–water partition coefficient (Wildman–Crippen LogP) is 4.73. The Bertz CT molecular complexity index is 426. The van der Waals surface area contributed by atoms with E-state index in [-0.39, 0.29) is 6.10 Å². The molecule has 0 spiro atoms. The van der Waals surface area contributed by atoms with Gasteiger partial charge in [0.05, 0.1) is 6.10 Å². The second kappa shape index (κ2) is 6.76. The third-order valence-corrected chi connectivity index (χ3v) is 5.05. The fourth-order valence-corrected chi connectivity index (χ4v) is 4.03. The fourth-order valence-electron chi connectivity index (χ4n) is 4.03. The van der Waals surface area contributed by atoms with Crippen molar-refractivity contribution >= 4 is 0 Å². The van der Waals surface area contributed by atoms with Gasteiger partial charge >= 0.3 is 0 Å². The minimum Gasteiger partial charge on any atom is -0.393 e. The Morgan fingerprint density at radius 3 is 2.35 bits per heavy atom. The van der Waals surface area contributed by atoms with E-state index in [2.05, 4.69) is 39.8 Å². The van der Waals surface area contributed by atoms with Crippen molar-refractivity contribution in [1.82, 2.24) is 0 Å². The first-order valence-corrected chi connectivity index (χ1v) is 8.26. The molecule has 0 radical (unpaired) electrons. The van der Waals surface area contributed by atoms with Gasteiger partial charge in [0.15, 0.2) is 0 Å². The molecule has 3 unspecified atom stereocenters. The summed E-state index contributed by atoms with van der Waals surface area (Å²) in [5.74, 6) is 1.29. The molecule has 20 heavy (non-hydrogen) atoms. The minimum absolute atomic E-state index is 0.0943. The van der Waals surface area contributed by atoms with Crippen LogP contribution in [0.15, 0.2) is 12.1 Å². The van der Waals surface area contributed by atoms with Gasteiger partial charge < -0.3 is 5.11 Å². The zero-order chi connectivity index (χ0) is 14.7. The number of aryl methyl sites for hydroxylation is 3. The fraction of sp³-hybridized carbons (Fsp3) is 0.684. The van der Waals surface area contributed by atoms with Crippen molar-refractivity contribution in [2.45, 2.75) is 72.3 Å². The average Bonchev–Trinajstić information content (AvgIpc) is 2.37. The Labute approximate surface area is 124 Å². The molecule has 1 fully saturated rings. The highest BCUT2D eigenvalue weighted by atomic mass is 16.3. The van der Waals surface area contributed by atoms with Crippen LogP contribution < -0.4 is 0 Å². The van der Waals surface area contributed by atoms with Crippen LogP contribution >= 0.6 is 0 Å². The maximum atomic E-state index is 10.4. The van der Waals surface area contributed by atoms with E-state index in [1.54, 1.807) is 0 Å². The lowest BCUT2D eigenvalue weighted by atomic mass is 9.74. The van der Waals surface area contributed by atoms with Gasteiger partial charge in [0.1, 0.15) is 0 Å². The van der Waals surface area contributed by atoms with E-state index >= 15 is 0 Å². The van der Waals surface area contributed by atoms with Crippen molar-refractivity contribution in [2.24, 2.45) is 11.8 Å². The molecule has 1 heteroatoms. The predicted molar refractivity (Wildman–Crippen MR) is 86.1 cm³/mol. The summed E-state index contributed by atoms with van der Waals surface area (Å²) in [6.45, 7) is 8.87. The molecule has 2 rings (SSSR count). The van der Waals surface area contributed by atoms with Gasteiger partial charge in [-0.2, -0.15) is 0 Å². The highest BCUT2D eigenvalue weighted by molar-refractivity contribution is 5.37. The molecule has 0 aromatic heterocycles. The van der Waals surface area contributed by atoms with Gasteiger partial charge in [-0.15, -0.1) is 0 Å². The van der Waals surface area contributed by atoms with E-state index in [0.717, 1.165) is 18.8 Å². The third-order valence-electron chi connectivity index (χ3n) is 5.05. The van der Waals surface area contributed by atoms with Crippen molar-refractivity contribution < 1.29 is 5.11 Å². The molecule has 0 saturated heterocycles. The molecule has 0 bridgehead atoms. The first-order chi connectivity index (χ1) is 9.51. The SMILES string of the molecule is CCCC1CCC(O)C(Cc2c(C)cc(C)cc2C)C1. The average molecular weight is 274 g/mol. The summed E-state index contributed by atoms with van der Waals surface area (Å²) in [4.78, 5) is 0. The van der Waals surface area contributed by atoms with E-state index in [1.807, 2.05) is 0 Å². The topological polar surface area (TPSA) is 20.2 Å². The maximum Gasteiger partial charge on any atom is 0.0571 e. The molecule has 1 N–H and O–H groups in total. The standard InChI is InChI=1S/C19H30O/c1-5-6-16-7-8-19(20)17(11-16)12-18-14(3)9-13(2)10-15(18)4/h9-10,16-17,19-20H,5-8,11-12H2,1-4H3. The van der Waals surface area contributed by atoms with Crippen LogP contribution in [-0.2, 0) is 6.42 Å². The second-order valence-corrected chi connectivity index (χ2v) is 6.88. The number of aliphatic hydroxyl groups excluding tert-OH is 1. The molecule has 0 aliphatic heterocycles. The molecule has 0 heterocycles. The zero-order valence-electron chi connectivity index (χ0n) is 13.6. The summed E-state index contributed by atoms with van der Waals surface area (Å²) in [7, 11) is 0. The first-order valence-electron chi connectivity index (χ1n) is 8.26. The van der Waals surface area contributed by atoms with Crippen LogP contribution in [0.4, 0.5) is 0 Å². The van der Waals surface area contributed by atoms with Gasteiger partial charge in [0.2, 0.25) is 0 Å². The lowest BCUT2D eigenvalue weighted by Gasteiger charge is -2.34. The zero-order valence-corrected chi connectivity index (χ0v) is 13.6. The maximum absolute atomic E-state index is 10.4. The van der Waals surface area contributed by atoms with Crippen LogP contribution in [0.3, 0.4) is 0 Å². The van der Waals surface area contributed by atoms with Crippen molar-refractivity contribution in [1.29, 1.82) is 0 Å². The summed E-state index contributed by atoms with van der Waals surface area (Å²) in [6, 6.07) is 4.56. The molecule has 3 atom stereocenters. The third kappa shape index (κ3) is 3.63. The van der Waals surface area contributed by atoms with E-state index in [0.29, 0.717) is 5.92 Å². The lowest BCUT2D eigenvalue weighted by Crippen LogP contribution is -2.31. The molecule has 112 valence electrons. The quantitative estimate of drug-likeness (QED) is 0.841. The van der Waals surface area contributed by atoms with Gasteiger partial charge in [-0.3, -0.25) is 0 Å². The van der Waals surface area contributed by atoms with E-state index in [1.165, 1.54) is 47.9 Å². The van der Waals surface area contributed by atoms with Gasteiger partial charge in [0.25, 0.3) is 0 Å². The number of rotatable bonds is 4. The van der Waals surface area contributed by atoms with Gasteiger partial charge in [-0.05, 0) is 75.0 Å². The Morgan fingerprint density at radius 2 is 1.75 bits per heavy atom. The highest BCUT2D eigenvalue weighted by Gasteiger charge is 2.29. The molecule has 1 saturated carbocycles. The Morgan fingerprint density at radius 1 is 1.10 bits per heavy atom. The number of benzene rings is 1. The molecule has 1 aromatic carbocycles. The molecular weight excluding hydrogens is 244 g/mol. The summed E-state index contributed by atoms with van der Waals surface area (Å²) >= 11 is 0. The van der Waals surface area contributed by atoms with E-state index in [9.17, 15) is 5.11 Å². The van der Waals surface area contributed by atoms with Crippen LogP contribution in [0.2, 0.25) is 0 Å². The Balaban J connectivity index is 2.11. The lowest BCUT2D eigenvalue weighted by molar-refractivity contribution is 0.0461. The summed E-state index contributed by atoms with van der Waals surface area (Å²) < 4.78 is 0. The van der Waals surface area contributed by atoms with Crippen LogP contribution in [0.5, 0.6) is 0 Å². The second-order valence-electron chi connectivity index (χ2n) is 6.88. The number of hydrogen-bond donors (Lipinski definition) is 1. The normalized spacial score (nSPS) is 26.8. The van der Waals surface area contributed by atoms with Crippen molar-refractivity contribution in [3.8, 4) is 0 Å². The molecule has 1 aliphatic carbocycles. The van der Waals surface area contributed by atoms with Gasteiger partial charge in [-0.25, -0.2) is 0 Å². The van der Waals surface area contributed by atoms with Crippen molar-refractivity contribution in [2.75, 3.05) is 0 Å². The molecule has 1 aromatic rings.